The van der Waals surface area contributed by atoms with E-state index in [9.17, 15) is 4.79 Å². The third-order valence-corrected chi connectivity index (χ3v) is 7.68. The third-order valence-electron chi connectivity index (χ3n) is 5.85. The molecule has 2 aromatic carbocycles. The van der Waals surface area contributed by atoms with Gasteiger partial charge in [0.25, 0.3) is 11.1 Å². The fourth-order valence-electron chi connectivity index (χ4n) is 3.94. The Labute approximate surface area is 224 Å². The standard InChI is InChI=1S/C26H21N5O5S2/c1-27-23(32)14-4-6-15(7-5-14)24-29-16(13-37-24)12-35-20-8-17(33-2)9-21-18(20)10-22(36-21)19-11-28-25-31(19)30-26(34-3)38-25/h4-11,13H,12H2,1-3H3,(H,27,32). The lowest BCUT2D eigenvalue weighted by atomic mass is 10.1. The van der Waals surface area contributed by atoms with Gasteiger partial charge in [-0.3, -0.25) is 4.79 Å². The highest BCUT2D eigenvalue weighted by molar-refractivity contribution is 7.18. The van der Waals surface area contributed by atoms with Crippen LogP contribution < -0.4 is 19.5 Å². The van der Waals surface area contributed by atoms with Crippen LogP contribution in [-0.4, -0.2) is 46.8 Å². The molecule has 0 aliphatic rings. The number of carbonyl (C=O) groups is 1. The summed E-state index contributed by atoms with van der Waals surface area (Å²) >= 11 is 2.86. The molecule has 0 aliphatic carbocycles. The highest BCUT2D eigenvalue weighted by Gasteiger charge is 2.19. The van der Waals surface area contributed by atoms with Crippen molar-refractivity contribution in [2.45, 2.75) is 6.61 Å². The van der Waals surface area contributed by atoms with E-state index in [0.717, 1.165) is 21.7 Å². The maximum atomic E-state index is 11.8. The summed E-state index contributed by atoms with van der Waals surface area (Å²) in [6, 6.07) is 12.9. The highest BCUT2D eigenvalue weighted by atomic mass is 32.1. The molecule has 0 unspecified atom stereocenters. The van der Waals surface area contributed by atoms with Crippen molar-refractivity contribution in [3.63, 3.8) is 0 Å². The van der Waals surface area contributed by atoms with Crippen molar-refractivity contribution in [2.24, 2.45) is 0 Å². The molecule has 10 nitrogen and oxygen atoms in total. The zero-order chi connectivity index (χ0) is 26.2. The van der Waals surface area contributed by atoms with E-state index in [2.05, 4.69) is 15.4 Å². The molecule has 1 N–H and O–H groups in total. The van der Waals surface area contributed by atoms with Gasteiger partial charge >= 0.3 is 0 Å². The molecule has 0 saturated heterocycles. The molecule has 192 valence electrons. The monoisotopic (exact) mass is 547 g/mol. The fraction of sp³-hybridized carbons (Fsp3) is 0.154. The van der Waals surface area contributed by atoms with Gasteiger partial charge in [0.1, 0.15) is 34.4 Å². The van der Waals surface area contributed by atoms with Crippen LogP contribution in [-0.2, 0) is 6.61 Å². The lowest BCUT2D eigenvalue weighted by Crippen LogP contribution is -2.17. The van der Waals surface area contributed by atoms with Gasteiger partial charge in [-0.25, -0.2) is 9.97 Å². The minimum Gasteiger partial charge on any atom is -0.496 e. The SMILES string of the molecule is CNC(=O)c1ccc(-c2nc(COc3cc(OC)cc4oc(-c5cnc6sc(OC)nn56)cc34)cs2)cc1. The first kappa shape index (κ1) is 23.9. The Morgan fingerprint density at radius 3 is 2.74 bits per heavy atom. The Morgan fingerprint density at radius 1 is 1.13 bits per heavy atom. The Bertz CT molecular complexity index is 1770. The molecule has 38 heavy (non-hydrogen) atoms. The van der Waals surface area contributed by atoms with Crippen LogP contribution in [0.5, 0.6) is 16.7 Å². The Balaban J connectivity index is 1.26. The Kier molecular flexibility index (Phi) is 6.18. The molecular weight excluding hydrogens is 526 g/mol. The van der Waals surface area contributed by atoms with E-state index in [1.54, 1.807) is 44.1 Å². The van der Waals surface area contributed by atoms with Crippen LogP contribution in [0.1, 0.15) is 16.1 Å². The van der Waals surface area contributed by atoms with Gasteiger partial charge in [0.15, 0.2) is 5.76 Å². The molecule has 12 heteroatoms. The Hall–Kier alpha value is -4.42. The topological polar surface area (TPSA) is 113 Å². The first-order valence-electron chi connectivity index (χ1n) is 11.5. The molecule has 4 aromatic heterocycles. The van der Waals surface area contributed by atoms with E-state index in [4.69, 9.17) is 23.6 Å². The fourth-order valence-corrected chi connectivity index (χ4v) is 5.44. The second kappa shape index (κ2) is 9.80. The molecule has 1 amide bonds. The van der Waals surface area contributed by atoms with Crippen LogP contribution in [0.2, 0.25) is 0 Å². The summed E-state index contributed by atoms with van der Waals surface area (Å²) in [6.07, 6.45) is 1.71. The number of aromatic nitrogens is 4. The number of furan rings is 1. The van der Waals surface area contributed by atoms with Gasteiger partial charge in [0.05, 0.1) is 31.5 Å². The summed E-state index contributed by atoms with van der Waals surface area (Å²) in [5, 5.41) is 11.2. The van der Waals surface area contributed by atoms with Crippen LogP contribution in [0.4, 0.5) is 0 Å². The number of benzene rings is 2. The van der Waals surface area contributed by atoms with Crippen molar-refractivity contribution in [1.29, 1.82) is 0 Å². The van der Waals surface area contributed by atoms with E-state index >= 15 is 0 Å². The van der Waals surface area contributed by atoms with Crippen LogP contribution in [0, 0.1) is 0 Å². The number of thiazole rings is 1. The minimum atomic E-state index is -0.124. The first-order valence-corrected chi connectivity index (χ1v) is 13.2. The predicted octanol–water partition coefficient (Wildman–Crippen LogP) is 5.28. The zero-order valence-electron chi connectivity index (χ0n) is 20.5. The molecule has 0 bridgehead atoms. The van der Waals surface area contributed by atoms with Gasteiger partial charge in [-0.2, -0.15) is 4.52 Å². The lowest BCUT2D eigenvalue weighted by Gasteiger charge is -2.08. The van der Waals surface area contributed by atoms with Crippen molar-refractivity contribution in [1.82, 2.24) is 24.9 Å². The summed E-state index contributed by atoms with van der Waals surface area (Å²) in [7, 11) is 4.78. The zero-order valence-corrected chi connectivity index (χ0v) is 22.2. The summed E-state index contributed by atoms with van der Waals surface area (Å²) < 4.78 is 24.8. The average Bonchev–Trinajstić information content (AvgIpc) is 3.74. The molecule has 0 aliphatic heterocycles. The molecule has 0 saturated carbocycles. The van der Waals surface area contributed by atoms with Crippen molar-refractivity contribution < 1.29 is 23.4 Å². The molecular formula is C26H21N5O5S2. The normalized spacial score (nSPS) is 11.2. The molecule has 6 aromatic rings. The second-order valence-corrected chi connectivity index (χ2v) is 9.92. The lowest BCUT2D eigenvalue weighted by molar-refractivity contribution is 0.0963. The second-order valence-electron chi connectivity index (χ2n) is 8.15. The van der Waals surface area contributed by atoms with Gasteiger partial charge in [-0.05, 0) is 29.5 Å². The largest absolute Gasteiger partial charge is 0.496 e. The van der Waals surface area contributed by atoms with E-state index in [1.165, 1.54) is 22.7 Å². The van der Waals surface area contributed by atoms with Crippen LogP contribution in [0.15, 0.2) is 58.5 Å². The third kappa shape index (κ3) is 4.33. The number of carbonyl (C=O) groups excluding carboxylic acids is 1. The number of hydrogen-bond donors (Lipinski definition) is 1. The predicted molar refractivity (Wildman–Crippen MR) is 144 cm³/mol. The maximum Gasteiger partial charge on any atom is 0.294 e. The van der Waals surface area contributed by atoms with Crippen LogP contribution >= 0.6 is 22.7 Å². The highest BCUT2D eigenvalue weighted by Crippen LogP contribution is 2.38. The molecule has 0 radical (unpaired) electrons. The van der Waals surface area contributed by atoms with Crippen LogP contribution in [0.25, 0.3) is 38.0 Å². The average molecular weight is 548 g/mol. The van der Waals surface area contributed by atoms with E-state index < -0.39 is 0 Å². The van der Waals surface area contributed by atoms with Crippen molar-refractivity contribution in [3.05, 3.63) is 65.3 Å². The molecule has 0 spiro atoms. The van der Waals surface area contributed by atoms with Gasteiger partial charge in [0, 0.05) is 35.7 Å². The summed E-state index contributed by atoms with van der Waals surface area (Å²) in [6.45, 7) is 0.260. The Morgan fingerprint density at radius 2 is 1.97 bits per heavy atom. The summed E-state index contributed by atoms with van der Waals surface area (Å²) in [5.41, 5.74) is 3.63. The smallest absolute Gasteiger partial charge is 0.294 e. The van der Waals surface area contributed by atoms with Gasteiger partial charge in [-0.1, -0.05) is 12.1 Å². The molecule has 4 heterocycles. The van der Waals surface area contributed by atoms with Crippen LogP contribution in [0.3, 0.4) is 0 Å². The number of rotatable bonds is 8. The van der Waals surface area contributed by atoms with Crippen molar-refractivity contribution in [2.75, 3.05) is 21.3 Å². The van der Waals surface area contributed by atoms with Gasteiger partial charge < -0.3 is 23.9 Å². The first-order chi connectivity index (χ1) is 18.6. The number of imidazole rings is 1. The quantitative estimate of drug-likeness (QED) is 0.274. The maximum absolute atomic E-state index is 11.8. The number of nitrogens with one attached hydrogen (secondary N) is 1. The minimum absolute atomic E-state index is 0.124. The molecule has 6 rings (SSSR count). The number of ether oxygens (including phenoxy) is 3. The van der Waals surface area contributed by atoms with Crippen molar-refractivity contribution >= 4 is 44.5 Å². The van der Waals surface area contributed by atoms with E-state index in [0.29, 0.717) is 44.3 Å². The molecule has 0 atom stereocenters. The number of fused-ring (bicyclic) bond motifs is 2. The summed E-state index contributed by atoms with van der Waals surface area (Å²) in [5.74, 6) is 1.68. The molecule has 0 fully saturated rings. The van der Waals surface area contributed by atoms with Gasteiger partial charge in [0.2, 0.25) is 4.96 Å². The van der Waals surface area contributed by atoms with Gasteiger partial charge in [-0.15, -0.1) is 16.4 Å². The summed E-state index contributed by atoms with van der Waals surface area (Å²) in [4.78, 5) is 21.6. The van der Waals surface area contributed by atoms with Crippen molar-refractivity contribution in [3.8, 4) is 38.7 Å². The van der Waals surface area contributed by atoms with E-state index in [1.807, 2.05) is 35.7 Å². The number of amides is 1. The number of hydrogen-bond acceptors (Lipinski definition) is 10. The number of nitrogens with zero attached hydrogens (tertiary/aromatic N) is 4. The van der Waals surface area contributed by atoms with E-state index in [-0.39, 0.29) is 12.5 Å². The number of methoxy groups -OCH3 is 2.